The summed E-state index contributed by atoms with van der Waals surface area (Å²) in [7, 11) is 0. The van der Waals surface area contributed by atoms with Crippen molar-refractivity contribution in [3.8, 4) is 0 Å². The van der Waals surface area contributed by atoms with Crippen molar-refractivity contribution in [3.05, 3.63) is 22.5 Å². The normalized spacial score (nSPS) is 22.7. The predicted octanol–water partition coefficient (Wildman–Crippen LogP) is 3.50. The van der Waals surface area contributed by atoms with Gasteiger partial charge in [-0.15, -0.1) is 0 Å². The van der Waals surface area contributed by atoms with Gasteiger partial charge in [-0.1, -0.05) is 18.0 Å². The number of halogens is 1. The van der Waals surface area contributed by atoms with E-state index in [1.165, 1.54) is 32.1 Å². The predicted molar refractivity (Wildman–Crippen MR) is 93.4 cm³/mol. The highest BCUT2D eigenvalue weighted by atomic mass is 35.5. The first-order chi connectivity index (χ1) is 11.2. The molecule has 4 heterocycles. The quantitative estimate of drug-likeness (QED) is 0.854. The van der Waals surface area contributed by atoms with E-state index in [1.54, 1.807) is 0 Å². The van der Waals surface area contributed by atoms with Crippen LogP contribution in [0.1, 0.15) is 55.8 Å². The van der Waals surface area contributed by atoms with Crippen LogP contribution in [0.5, 0.6) is 0 Å². The Morgan fingerprint density at radius 2 is 2.00 bits per heavy atom. The molecule has 1 unspecified atom stereocenters. The van der Waals surface area contributed by atoms with Crippen LogP contribution >= 0.6 is 11.6 Å². The third-order valence-corrected chi connectivity index (χ3v) is 5.46. The van der Waals surface area contributed by atoms with Gasteiger partial charge in [0.2, 0.25) is 0 Å². The van der Waals surface area contributed by atoms with Gasteiger partial charge in [0.15, 0.2) is 5.65 Å². The molecule has 2 aromatic heterocycles. The third kappa shape index (κ3) is 2.81. The summed E-state index contributed by atoms with van der Waals surface area (Å²) in [6, 6.07) is 2.45. The zero-order valence-corrected chi connectivity index (χ0v) is 14.4. The van der Waals surface area contributed by atoms with E-state index in [9.17, 15) is 0 Å². The summed E-state index contributed by atoms with van der Waals surface area (Å²) in [5.74, 6) is 1.13. The zero-order chi connectivity index (χ0) is 15.8. The maximum absolute atomic E-state index is 6.41. The van der Waals surface area contributed by atoms with Crippen LogP contribution in [0.25, 0.3) is 5.65 Å². The van der Waals surface area contributed by atoms with Crippen LogP contribution < -0.4 is 10.2 Å². The molecule has 124 valence electrons. The van der Waals surface area contributed by atoms with Crippen LogP contribution in [0.2, 0.25) is 5.15 Å². The van der Waals surface area contributed by atoms with Crippen LogP contribution in [-0.2, 0) is 0 Å². The molecule has 4 rings (SSSR count). The van der Waals surface area contributed by atoms with E-state index < -0.39 is 0 Å². The largest absolute Gasteiger partial charge is 0.356 e. The van der Waals surface area contributed by atoms with Gasteiger partial charge in [0, 0.05) is 24.7 Å². The topological polar surface area (TPSA) is 45.5 Å². The van der Waals surface area contributed by atoms with Crippen LogP contribution in [0.4, 0.5) is 5.82 Å². The van der Waals surface area contributed by atoms with Crippen molar-refractivity contribution in [2.45, 2.75) is 51.5 Å². The molecule has 0 aromatic carbocycles. The monoisotopic (exact) mass is 333 g/mol. The molecule has 0 radical (unpaired) electrons. The molecule has 1 N–H and O–H groups in total. The Morgan fingerprint density at radius 1 is 1.17 bits per heavy atom. The van der Waals surface area contributed by atoms with Crippen molar-refractivity contribution in [2.75, 3.05) is 24.5 Å². The first-order valence-corrected chi connectivity index (χ1v) is 9.16. The fourth-order valence-electron chi connectivity index (χ4n) is 3.81. The van der Waals surface area contributed by atoms with Crippen LogP contribution in [-0.4, -0.2) is 34.2 Å². The second-order valence-electron chi connectivity index (χ2n) is 6.74. The molecule has 5 nitrogen and oxygen atoms in total. The van der Waals surface area contributed by atoms with Gasteiger partial charge in [-0.25, -0.2) is 4.98 Å². The van der Waals surface area contributed by atoms with Gasteiger partial charge in [0.25, 0.3) is 0 Å². The number of aromatic nitrogens is 3. The van der Waals surface area contributed by atoms with Gasteiger partial charge in [-0.2, -0.15) is 9.61 Å². The zero-order valence-electron chi connectivity index (χ0n) is 13.7. The van der Waals surface area contributed by atoms with Crippen molar-refractivity contribution < 1.29 is 0 Å². The van der Waals surface area contributed by atoms with Crippen molar-refractivity contribution in [1.82, 2.24) is 19.9 Å². The van der Waals surface area contributed by atoms with E-state index in [1.807, 2.05) is 4.52 Å². The molecule has 23 heavy (non-hydrogen) atoms. The molecule has 6 heteroatoms. The summed E-state index contributed by atoms with van der Waals surface area (Å²) < 4.78 is 2.01. The number of hydrogen-bond acceptors (Lipinski definition) is 4. The summed E-state index contributed by atoms with van der Waals surface area (Å²) in [4.78, 5) is 6.98. The van der Waals surface area contributed by atoms with Gasteiger partial charge in [-0.05, 0) is 45.6 Å². The lowest BCUT2D eigenvalue weighted by Crippen LogP contribution is -2.32. The van der Waals surface area contributed by atoms with E-state index in [4.69, 9.17) is 16.7 Å². The highest BCUT2D eigenvalue weighted by Gasteiger charge is 2.23. The fourth-order valence-corrected chi connectivity index (χ4v) is 3.98. The molecular formula is C17H24ClN5. The third-order valence-electron chi connectivity index (χ3n) is 5.09. The van der Waals surface area contributed by atoms with Gasteiger partial charge in [0.05, 0.1) is 11.7 Å². The first kappa shape index (κ1) is 15.2. The lowest BCUT2D eigenvalue weighted by molar-refractivity contribution is 0.404. The number of nitrogens with one attached hydrogen (secondary N) is 1. The molecule has 2 aliphatic heterocycles. The minimum Gasteiger partial charge on any atom is -0.356 e. The van der Waals surface area contributed by atoms with Crippen molar-refractivity contribution >= 4 is 23.1 Å². The number of piperidine rings is 2. The molecule has 2 saturated heterocycles. The lowest BCUT2D eigenvalue weighted by atomic mass is 10.0. The average molecular weight is 334 g/mol. The number of hydrogen-bond donors (Lipinski definition) is 1. The molecule has 0 amide bonds. The van der Waals surface area contributed by atoms with Crippen molar-refractivity contribution in [3.63, 3.8) is 0 Å². The minimum atomic E-state index is 0.346. The second kappa shape index (κ2) is 6.29. The Bertz CT molecular complexity index is 699. The van der Waals surface area contributed by atoms with Gasteiger partial charge in [0.1, 0.15) is 11.0 Å². The second-order valence-corrected chi connectivity index (χ2v) is 7.10. The highest BCUT2D eigenvalue weighted by molar-refractivity contribution is 6.30. The van der Waals surface area contributed by atoms with Gasteiger partial charge < -0.3 is 10.2 Å². The number of anilines is 1. The molecule has 0 bridgehead atoms. The van der Waals surface area contributed by atoms with Crippen molar-refractivity contribution in [1.29, 1.82) is 0 Å². The Hall–Kier alpha value is -1.33. The SMILES string of the molecule is Cc1c(Cl)nc2cc(C3CCCCN3)nn2c1N1CCCCC1. The van der Waals surface area contributed by atoms with E-state index in [-0.39, 0.29) is 0 Å². The Balaban J connectivity index is 1.79. The summed E-state index contributed by atoms with van der Waals surface area (Å²) in [6.45, 7) is 5.28. The average Bonchev–Trinajstić information content (AvgIpc) is 3.01. The Labute approximate surface area is 142 Å². The number of rotatable bonds is 2. The van der Waals surface area contributed by atoms with Crippen LogP contribution in [0.3, 0.4) is 0 Å². The highest BCUT2D eigenvalue weighted by Crippen LogP contribution is 2.31. The maximum atomic E-state index is 6.41. The number of nitrogens with zero attached hydrogens (tertiary/aromatic N) is 4. The molecule has 2 aromatic rings. The van der Waals surface area contributed by atoms with Crippen LogP contribution in [0.15, 0.2) is 6.07 Å². The Morgan fingerprint density at radius 3 is 2.74 bits per heavy atom. The molecular weight excluding hydrogens is 310 g/mol. The smallest absolute Gasteiger partial charge is 0.159 e. The molecule has 0 saturated carbocycles. The molecule has 2 aliphatic rings. The summed E-state index contributed by atoms with van der Waals surface area (Å²) in [5.41, 5.74) is 2.99. The maximum Gasteiger partial charge on any atom is 0.159 e. The van der Waals surface area contributed by atoms with Gasteiger partial charge in [-0.3, -0.25) is 0 Å². The van der Waals surface area contributed by atoms with E-state index >= 15 is 0 Å². The van der Waals surface area contributed by atoms with Crippen molar-refractivity contribution in [2.24, 2.45) is 0 Å². The summed E-state index contributed by atoms with van der Waals surface area (Å²) in [6.07, 6.45) is 7.45. The fraction of sp³-hybridized carbons (Fsp3) is 0.647. The van der Waals surface area contributed by atoms with Crippen LogP contribution in [0, 0.1) is 6.92 Å². The van der Waals surface area contributed by atoms with Gasteiger partial charge >= 0.3 is 0 Å². The van der Waals surface area contributed by atoms with E-state index in [0.29, 0.717) is 11.2 Å². The van der Waals surface area contributed by atoms with E-state index in [2.05, 4.69) is 28.2 Å². The lowest BCUT2D eigenvalue weighted by Gasteiger charge is -2.30. The minimum absolute atomic E-state index is 0.346. The summed E-state index contributed by atoms with van der Waals surface area (Å²) >= 11 is 6.41. The number of fused-ring (bicyclic) bond motifs is 1. The summed E-state index contributed by atoms with van der Waals surface area (Å²) in [5, 5.41) is 9.08. The van der Waals surface area contributed by atoms with E-state index in [0.717, 1.165) is 48.8 Å². The molecule has 2 fully saturated rings. The molecule has 1 atom stereocenters. The molecule has 0 spiro atoms. The standard InChI is InChI=1S/C17H24ClN5/c1-12-16(18)20-15-11-14(13-7-3-4-8-19-13)21-23(15)17(12)22-9-5-2-6-10-22/h11,13,19H,2-10H2,1H3. The Kier molecular flexibility index (Phi) is 4.16. The molecule has 0 aliphatic carbocycles. The first-order valence-electron chi connectivity index (χ1n) is 8.78.